The first-order valence-electron chi connectivity index (χ1n) is 13.6. The normalized spacial score (nSPS) is 14.6. The van der Waals surface area contributed by atoms with Gasteiger partial charge in [-0.15, -0.1) is 0 Å². The molecule has 3 aromatic rings. The standard InChI is InChI=1S/C20H30O3Si2.C9H14OSi.C2H6/c1-17-7-11-19(12-8-17)15-24(5,21-3)23-25(6,22-4)16-20-13-9-18(2)10-14-20;1-10-11(2)8-9-6-4-3-5-7-9;1-2/h7-14H,15-16H2,1-6H3;3-7,11H,8H2,1-2H3;1-2H3. The molecule has 0 aliphatic heterocycles. The minimum Gasteiger partial charge on any atom is -0.423 e. The number of hydrogen-bond donors (Lipinski definition) is 0. The summed E-state index contributed by atoms with van der Waals surface area (Å²) >= 11 is 0. The lowest BCUT2D eigenvalue weighted by molar-refractivity contribution is 0.239. The molecule has 0 bridgehead atoms. The topological polar surface area (TPSA) is 36.9 Å². The van der Waals surface area contributed by atoms with Crippen molar-refractivity contribution in [1.29, 1.82) is 0 Å². The Balaban J connectivity index is 0.000000463. The summed E-state index contributed by atoms with van der Waals surface area (Å²) in [4.78, 5) is 0. The van der Waals surface area contributed by atoms with Gasteiger partial charge in [0.15, 0.2) is 9.04 Å². The van der Waals surface area contributed by atoms with E-state index in [1.165, 1.54) is 27.8 Å². The summed E-state index contributed by atoms with van der Waals surface area (Å²) in [6.45, 7) is 14.7. The molecule has 0 N–H and O–H groups in total. The zero-order valence-corrected chi connectivity index (χ0v) is 28.5. The van der Waals surface area contributed by atoms with E-state index in [1.54, 1.807) is 21.3 Å². The van der Waals surface area contributed by atoms with Crippen molar-refractivity contribution in [3.05, 3.63) is 107 Å². The van der Waals surface area contributed by atoms with Gasteiger partial charge in [-0.1, -0.05) is 104 Å². The second-order valence-electron chi connectivity index (χ2n) is 9.84. The SMILES string of the molecule is CC.CO[SiH](C)Cc1ccccc1.CO[Si](C)(Cc1ccc(C)cc1)O[Si](C)(Cc1ccc(C)cc1)OC. The Morgan fingerprint density at radius 1 is 0.605 bits per heavy atom. The van der Waals surface area contributed by atoms with Crippen LogP contribution in [0.1, 0.15) is 41.7 Å². The van der Waals surface area contributed by atoms with Crippen LogP contribution in [0.3, 0.4) is 0 Å². The van der Waals surface area contributed by atoms with Gasteiger partial charge >= 0.3 is 17.1 Å². The molecule has 0 spiro atoms. The molecule has 0 heterocycles. The predicted octanol–water partition coefficient (Wildman–Crippen LogP) is 7.41. The summed E-state index contributed by atoms with van der Waals surface area (Å²) < 4.78 is 23.7. The van der Waals surface area contributed by atoms with Gasteiger partial charge in [0.1, 0.15) is 0 Å². The molecule has 3 aromatic carbocycles. The Hall–Kier alpha value is -1.85. The van der Waals surface area contributed by atoms with Gasteiger partial charge in [0.25, 0.3) is 0 Å². The van der Waals surface area contributed by atoms with E-state index in [0.717, 1.165) is 18.1 Å². The van der Waals surface area contributed by atoms with Crippen LogP contribution in [0.25, 0.3) is 0 Å². The molecular weight excluding hydrogens is 521 g/mol. The highest BCUT2D eigenvalue weighted by Gasteiger charge is 2.42. The fraction of sp³-hybridized carbons (Fsp3) is 0.419. The van der Waals surface area contributed by atoms with Crippen molar-refractivity contribution in [2.24, 2.45) is 0 Å². The Kier molecular flexibility index (Phi) is 15.9. The largest absolute Gasteiger partial charge is 0.423 e. The second-order valence-corrected chi connectivity index (χ2v) is 19.2. The van der Waals surface area contributed by atoms with Crippen molar-refractivity contribution in [2.75, 3.05) is 21.3 Å². The minimum atomic E-state index is -2.37. The van der Waals surface area contributed by atoms with Crippen LogP contribution in [0.5, 0.6) is 0 Å². The van der Waals surface area contributed by atoms with Crippen LogP contribution in [0.2, 0.25) is 19.6 Å². The third kappa shape index (κ3) is 12.8. The van der Waals surface area contributed by atoms with E-state index in [-0.39, 0.29) is 0 Å². The van der Waals surface area contributed by atoms with Gasteiger partial charge < -0.3 is 17.4 Å². The van der Waals surface area contributed by atoms with Crippen LogP contribution in [-0.2, 0) is 35.5 Å². The lowest BCUT2D eigenvalue weighted by atomic mass is 10.2. The molecule has 38 heavy (non-hydrogen) atoms. The first-order valence-corrected chi connectivity index (χ1v) is 21.1. The quantitative estimate of drug-likeness (QED) is 0.225. The number of aryl methyl sites for hydroxylation is 2. The molecule has 0 aliphatic carbocycles. The Labute approximate surface area is 236 Å². The highest BCUT2D eigenvalue weighted by Crippen LogP contribution is 2.23. The van der Waals surface area contributed by atoms with Gasteiger partial charge in [0.2, 0.25) is 0 Å². The van der Waals surface area contributed by atoms with Gasteiger partial charge in [0, 0.05) is 33.4 Å². The summed E-state index contributed by atoms with van der Waals surface area (Å²) in [5.74, 6) is 0. The van der Waals surface area contributed by atoms with E-state index < -0.39 is 26.2 Å². The van der Waals surface area contributed by atoms with Gasteiger partial charge in [-0.25, -0.2) is 0 Å². The van der Waals surface area contributed by atoms with Crippen molar-refractivity contribution >= 4 is 26.2 Å². The molecular formula is C31H50O4Si3. The maximum atomic E-state index is 6.63. The summed E-state index contributed by atoms with van der Waals surface area (Å²) in [6.07, 6.45) is 0. The number of hydrogen-bond acceptors (Lipinski definition) is 4. The number of rotatable bonds is 11. The van der Waals surface area contributed by atoms with E-state index in [2.05, 4.69) is 106 Å². The van der Waals surface area contributed by atoms with Crippen LogP contribution in [0.15, 0.2) is 78.9 Å². The molecule has 7 heteroatoms. The fourth-order valence-electron chi connectivity index (χ4n) is 3.94. The zero-order chi connectivity index (χ0) is 28.6. The van der Waals surface area contributed by atoms with E-state index in [9.17, 15) is 0 Å². The molecule has 210 valence electrons. The van der Waals surface area contributed by atoms with Crippen LogP contribution in [0, 0.1) is 13.8 Å². The maximum absolute atomic E-state index is 6.63. The molecule has 0 radical (unpaired) electrons. The average molecular weight is 571 g/mol. The summed E-state index contributed by atoms with van der Waals surface area (Å²) in [5.41, 5.74) is 6.43. The lowest BCUT2D eigenvalue weighted by Gasteiger charge is -2.35. The Bertz CT molecular complexity index is 956. The molecule has 0 amide bonds. The van der Waals surface area contributed by atoms with E-state index >= 15 is 0 Å². The minimum absolute atomic E-state index is 0.823. The van der Waals surface area contributed by atoms with Crippen molar-refractivity contribution in [2.45, 2.75) is 65.5 Å². The van der Waals surface area contributed by atoms with Gasteiger partial charge in [-0.2, -0.15) is 0 Å². The van der Waals surface area contributed by atoms with E-state index in [0.29, 0.717) is 0 Å². The van der Waals surface area contributed by atoms with Gasteiger partial charge in [-0.3, -0.25) is 0 Å². The second kappa shape index (κ2) is 17.7. The molecule has 0 fully saturated rings. The van der Waals surface area contributed by atoms with Crippen molar-refractivity contribution < 1.29 is 17.4 Å². The molecule has 0 saturated carbocycles. The predicted molar refractivity (Wildman–Crippen MR) is 170 cm³/mol. The summed E-state index contributed by atoms with van der Waals surface area (Å²) in [6, 6.07) is 30.5. The Morgan fingerprint density at radius 2 is 1.00 bits per heavy atom. The maximum Gasteiger partial charge on any atom is 0.330 e. The van der Waals surface area contributed by atoms with Crippen LogP contribution in [-0.4, -0.2) is 47.5 Å². The van der Waals surface area contributed by atoms with Crippen LogP contribution >= 0.6 is 0 Å². The fourth-order valence-corrected chi connectivity index (χ4v) is 12.2. The lowest BCUT2D eigenvalue weighted by Crippen LogP contribution is -2.54. The molecule has 0 aromatic heterocycles. The smallest absolute Gasteiger partial charge is 0.330 e. The molecule has 0 saturated heterocycles. The first-order chi connectivity index (χ1) is 18.1. The summed E-state index contributed by atoms with van der Waals surface area (Å²) in [7, 11) is -0.313. The average Bonchev–Trinajstić information content (AvgIpc) is 2.93. The van der Waals surface area contributed by atoms with Gasteiger partial charge in [-0.05, 0) is 56.2 Å². The molecule has 3 atom stereocenters. The summed E-state index contributed by atoms with van der Waals surface area (Å²) in [5, 5.41) is 0. The van der Waals surface area contributed by atoms with Crippen LogP contribution < -0.4 is 0 Å². The monoisotopic (exact) mass is 570 g/mol. The number of benzene rings is 3. The third-order valence-electron chi connectivity index (χ3n) is 6.36. The van der Waals surface area contributed by atoms with Crippen LogP contribution in [0.4, 0.5) is 0 Å². The molecule has 3 rings (SSSR count). The van der Waals surface area contributed by atoms with E-state index in [4.69, 9.17) is 17.4 Å². The molecule has 3 unspecified atom stereocenters. The Morgan fingerprint density at radius 3 is 1.34 bits per heavy atom. The molecule has 4 nitrogen and oxygen atoms in total. The van der Waals surface area contributed by atoms with Crippen molar-refractivity contribution in [1.82, 2.24) is 0 Å². The van der Waals surface area contributed by atoms with Crippen molar-refractivity contribution in [3.63, 3.8) is 0 Å². The highest BCUT2D eigenvalue weighted by atomic mass is 28.5. The third-order valence-corrected chi connectivity index (χ3v) is 15.5. The van der Waals surface area contributed by atoms with Gasteiger partial charge in [0.05, 0.1) is 0 Å². The zero-order valence-electron chi connectivity index (χ0n) is 25.3. The van der Waals surface area contributed by atoms with E-state index in [1.807, 2.05) is 19.9 Å². The van der Waals surface area contributed by atoms with Crippen molar-refractivity contribution in [3.8, 4) is 0 Å². The highest BCUT2D eigenvalue weighted by molar-refractivity contribution is 6.79. The molecule has 0 aliphatic rings. The first kappa shape index (κ1) is 34.2.